The third kappa shape index (κ3) is 7.80. The van der Waals surface area contributed by atoms with E-state index in [-0.39, 0.29) is 53.7 Å². The maximum absolute atomic E-state index is 13.4. The fourth-order valence-corrected chi connectivity index (χ4v) is 8.12. The van der Waals surface area contributed by atoms with Crippen molar-refractivity contribution in [3.8, 4) is 0 Å². The Morgan fingerprint density at radius 3 is 2.27 bits per heavy atom. The van der Waals surface area contributed by atoms with Gasteiger partial charge in [0.15, 0.2) is 0 Å². The number of hydrogen-bond donors (Lipinski definition) is 5. The van der Waals surface area contributed by atoms with Crippen molar-refractivity contribution < 1.29 is 33.9 Å². The second kappa shape index (κ2) is 14.5. The summed E-state index contributed by atoms with van der Waals surface area (Å²) in [6.45, 7) is 3.66. The molecule has 4 aliphatic carbocycles. The maximum Gasteiger partial charge on any atom is 0.337 e. The Morgan fingerprint density at radius 2 is 1.65 bits per heavy atom. The first-order chi connectivity index (χ1) is 22.9. The van der Waals surface area contributed by atoms with Gasteiger partial charge in [-0.3, -0.25) is 33.8 Å². The van der Waals surface area contributed by atoms with Crippen molar-refractivity contribution in [3.05, 3.63) is 58.3 Å². The average Bonchev–Trinajstić information content (AvgIpc) is 3.04. The number of amides is 4. The molecular formula is C34H42N6O8. The normalized spacial score (nSPS) is 23.4. The molecule has 2 heterocycles. The fraction of sp³-hybridized carbons (Fsp3) is 0.529. The predicted molar refractivity (Wildman–Crippen MR) is 173 cm³/mol. The van der Waals surface area contributed by atoms with Crippen LogP contribution in [0, 0.1) is 23.2 Å². The Bertz CT molecular complexity index is 1630. The largest absolute Gasteiger partial charge is 0.478 e. The Kier molecular flexibility index (Phi) is 10.4. The Morgan fingerprint density at radius 1 is 1.00 bits per heavy atom. The van der Waals surface area contributed by atoms with Crippen LogP contribution in [0.3, 0.4) is 0 Å². The van der Waals surface area contributed by atoms with Crippen LogP contribution in [-0.2, 0) is 25.7 Å². The lowest BCUT2D eigenvalue weighted by Gasteiger charge is -2.59. The van der Waals surface area contributed by atoms with Gasteiger partial charge < -0.3 is 30.9 Å². The standard InChI is InChI=1S/C34H42N6O8/c1-3-36-31(45)27(41)7-6-25(38-29(43)23-12-24(33(47)48)17-35-16-23)30(44)39-26-5-4-8-40(32(26)46)18-28(42)37-19(2)34-13-20-9-21(14-34)11-22(10-20)15-34/h4-5,8,12,16-17,19-22,25H,3,6-7,9-11,13-15,18H2,1-2H3,(H,36,45)(H,37,42)(H,38,43)(H,39,44)(H,47,48)/t19?,20?,21?,22?,25-,34?/m0/s1. The number of carbonyl (C=O) groups excluding carboxylic acids is 5. The van der Waals surface area contributed by atoms with E-state index in [0.717, 1.165) is 55.5 Å². The minimum atomic E-state index is -1.40. The third-order valence-corrected chi connectivity index (χ3v) is 10.1. The number of carboxylic acids is 1. The molecule has 2 aromatic rings. The molecule has 0 spiro atoms. The molecule has 0 saturated heterocycles. The lowest BCUT2D eigenvalue weighted by atomic mass is 9.48. The number of Topliss-reactive ketones (excluding diaryl/α,β-unsaturated/α-hetero) is 1. The van der Waals surface area contributed by atoms with Crippen LogP contribution in [0.2, 0.25) is 0 Å². The van der Waals surface area contributed by atoms with Crippen molar-refractivity contribution in [1.29, 1.82) is 0 Å². The predicted octanol–water partition coefficient (Wildman–Crippen LogP) is 1.89. The van der Waals surface area contributed by atoms with Gasteiger partial charge in [0, 0.05) is 37.6 Å². The minimum Gasteiger partial charge on any atom is -0.478 e. The molecule has 1 unspecified atom stereocenters. The second-order valence-corrected chi connectivity index (χ2v) is 13.5. The number of hydrogen-bond acceptors (Lipinski definition) is 8. The lowest BCUT2D eigenvalue weighted by molar-refractivity contribution is -0.138. The zero-order valence-electron chi connectivity index (χ0n) is 27.1. The van der Waals surface area contributed by atoms with Gasteiger partial charge in [0.1, 0.15) is 18.3 Å². The number of likely N-dealkylation sites (N-methyl/N-ethyl adjacent to an activating group) is 1. The van der Waals surface area contributed by atoms with Crippen LogP contribution in [0.5, 0.6) is 0 Å². The summed E-state index contributed by atoms with van der Waals surface area (Å²) in [7, 11) is 0. The summed E-state index contributed by atoms with van der Waals surface area (Å²) in [4.78, 5) is 92.3. The SMILES string of the molecule is CCNC(=O)C(=O)CC[C@H](NC(=O)c1cncc(C(=O)O)c1)C(=O)Nc1cccn(CC(=O)NC(C)C23CC4CC(CC(C4)C2)C3)c1=O. The molecule has 0 aromatic carbocycles. The Labute approximate surface area is 277 Å². The quantitative estimate of drug-likeness (QED) is 0.187. The number of aromatic carboxylic acids is 1. The van der Waals surface area contributed by atoms with Gasteiger partial charge in [0.2, 0.25) is 17.6 Å². The van der Waals surface area contributed by atoms with E-state index in [9.17, 15) is 38.7 Å². The molecular weight excluding hydrogens is 620 g/mol. The van der Waals surface area contributed by atoms with E-state index in [1.165, 1.54) is 42.2 Å². The molecule has 14 heteroatoms. The van der Waals surface area contributed by atoms with E-state index >= 15 is 0 Å². The second-order valence-electron chi connectivity index (χ2n) is 13.5. The van der Waals surface area contributed by atoms with Crippen LogP contribution >= 0.6 is 0 Å². The van der Waals surface area contributed by atoms with Crippen molar-refractivity contribution in [1.82, 2.24) is 25.5 Å². The van der Waals surface area contributed by atoms with Crippen molar-refractivity contribution in [3.63, 3.8) is 0 Å². The monoisotopic (exact) mass is 662 g/mol. The summed E-state index contributed by atoms with van der Waals surface area (Å²) in [5.74, 6) is -2.81. The molecule has 48 heavy (non-hydrogen) atoms. The molecule has 5 N–H and O–H groups in total. The van der Waals surface area contributed by atoms with Crippen molar-refractivity contribution in [2.75, 3.05) is 11.9 Å². The van der Waals surface area contributed by atoms with E-state index in [0.29, 0.717) is 0 Å². The molecule has 0 radical (unpaired) electrons. The van der Waals surface area contributed by atoms with E-state index < -0.39 is 47.5 Å². The van der Waals surface area contributed by atoms with Crippen LogP contribution < -0.4 is 26.8 Å². The Hall–Kier alpha value is -4.88. The van der Waals surface area contributed by atoms with Crippen molar-refractivity contribution in [2.24, 2.45) is 23.2 Å². The number of carbonyl (C=O) groups is 6. The smallest absolute Gasteiger partial charge is 0.337 e. The molecule has 2 atom stereocenters. The van der Waals surface area contributed by atoms with Gasteiger partial charge in [0.05, 0.1) is 11.1 Å². The molecule has 0 aliphatic heterocycles. The van der Waals surface area contributed by atoms with Crippen LogP contribution in [0.4, 0.5) is 5.69 Å². The van der Waals surface area contributed by atoms with Gasteiger partial charge in [-0.2, -0.15) is 0 Å². The minimum absolute atomic E-state index is 0.0325. The number of carboxylic acid groups (broad SMARTS) is 1. The molecule has 4 saturated carbocycles. The number of rotatable bonds is 14. The molecule has 4 fully saturated rings. The summed E-state index contributed by atoms with van der Waals surface area (Å²) < 4.78 is 1.19. The number of nitrogens with zero attached hydrogens (tertiary/aromatic N) is 2. The van der Waals surface area contributed by atoms with Gasteiger partial charge in [-0.1, -0.05) is 0 Å². The van der Waals surface area contributed by atoms with Gasteiger partial charge >= 0.3 is 5.97 Å². The van der Waals surface area contributed by atoms with E-state index in [4.69, 9.17) is 0 Å². The maximum atomic E-state index is 13.4. The first kappa shape index (κ1) is 34.5. The Balaban J connectivity index is 1.26. The summed E-state index contributed by atoms with van der Waals surface area (Å²) in [5.41, 5.74) is -1.12. The summed E-state index contributed by atoms with van der Waals surface area (Å²) >= 11 is 0. The van der Waals surface area contributed by atoms with E-state index in [1.807, 2.05) is 0 Å². The number of pyridine rings is 2. The fourth-order valence-electron chi connectivity index (χ4n) is 8.12. The third-order valence-electron chi connectivity index (χ3n) is 10.1. The molecule has 256 valence electrons. The zero-order chi connectivity index (χ0) is 34.6. The van der Waals surface area contributed by atoms with Crippen LogP contribution in [0.15, 0.2) is 41.6 Å². The number of anilines is 1. The summed E-state index contributed by atoms with van der Waals surface area (Å²) in [5, 5.41) is 19.7. The molecule has 4 amide bonds. The molecule has 14 nitrogen and oxygen atoms in total. The van der Waals surface area contributed by atoms with Gasteiger partial charge in [-0.15, -0.1) is 0 Å². The number of ketones is 1. The average molecular weight is 663 g/mol. The van der Waals surface area contributed by atoms with Crippen LogP contribution in [0.1, 0.15) is 85.9 Å². The molecule has 4 aliphatic rings. The molecule has 4 bridgehead atoms. The number of aromatic nitrogens is 2. The zero-order valence-corrected chi connectivity index (χ0v) is 27.1. The van der Waals surface area contributed by atoms with Crippen molar-refractivity contribution in [2.45, 2.75) is 83.8 Å². The highest BCUT2D eigenvalue weighted by Gasteiger charge is 2.53. The van der Waals surface area contributed by atoms with Crippen LogP contribution in [0.25, 0.3) is 0 Å². The van der Waals surface area contributed by atoms with Gasteiger partial charge in [-0.25, -0.2) is 4.79 Å². The van der Waals surface area contributed by atoms with Crippen molar-refractivity contribution >= 4 is 41.1 Å². The van der Waals surface area contributed by atoms with Gasteiger partial charge in [-0.05, 0) is 100 Å². The highest BCUT2D eigenvalue weighted by atomic mass is 16.4. The highest BCUT2D eigenvalue weighted by Crippen LogP contribution is 2.61. The first-order valence-electron chi connectivity index (χ1n) is 16.5. The van der Waals surface area contributed by atoms with Gasteiger partial charge in [0.25, 0.3) is 17.4 Å². The topological polar surface area (TPSA) is 206 Å². The molecule has 6 rings (SSSR count). The van der Waals surface area contributed by atoms with Crippen LogP contribution in [-0.4, -0.2) is 68.7 Å². The van der Waals surface area contributed by atoms with E-state index in [2.05, 4.69) is 33.2 Å². The molecule has 2 aromatic heterocycles. The number of nitrogens with one attached hydrogen (secondary N) is 4. The highest BCUT2D eigenvalue weighted by molar-refractivity contribution is 6.36. The summed E-state index contributed by atoms with van der Waals surface area (Å²) in [6, 6.07) is 2.50. The van der Waals surface area contributed by atoms with E-state index in [1.54, 1.807) is 6.92 Å². The summed E-state index contributed by atoms with van der Waals surface area (Å²) in [6.07, 6.45) is 10.1. The first-order valence-corrected chi connectivity index (χ1v) is 16.5. The lowest BCUT2D eigenvalue weighted by Crippen LogP contribution is -2.56.